The fourth-order valence-electron chi connectivity index (χ4n) is 3.49. The van der Waals surface area contributed by atoms with Crippen molar-refractivity contribution in [2.75, 3.05) is 6.61 Å². The molecule has 1 atom stereocenters. The molecule has 36 heavy (non-hydrogen) atoms. The first-order chi connectivity index (χ1) is 17.5. The Morgan fingerprint density at radius 3 is 2.50 bits per heavy atom. The van der Waals surface area contributed by atoms with Gasteiger partial charge in [0.15, 0.2) is 17.6 Å². The highest BCUT2D eigenvalue weighted by atomic mass is 35.5. The smallest absolute Gasteiger partial charge is 0.280 e. The molecule has 0 aliphatic rings. The lowest BCUT2D eigenvalue weighted by atomic mass is 10.1. The fourth-order valence-corrected chi connectivity index (χ4v) is 3.62. The molecule has 0 saturated carbocycles. The molecule has 4 aromatic rings. The van der Waals surface area contributed by atoms with E-state index in [1.165, 1.54) is 0 Å². The molecule has 0 radical (unpaired) electrons. The van der Waals surface area contributed by atoms with E-state index in [-0.39, 0.29) is 5.91 Å². The highest BCUT2D eigenvalue weighted by Crippen LogP contribution is 2.29. The van der Waals surface area contributed by atoms with Crippen LogP contribution in [0.15, 0.2) is 90.0 Å². The van der Waals surface area contributed by atoms with E-state index in [1.807, 2.05) is 91.9 Å². The van der Waals surface area contributed by atoms with Crippen molar-refractivity contribution in [3.8, 4) is 17.2 Å². The number of carbonyl (C=O) groups is 1. The van der Waals surface area contributed by atoms with Crippen LogP contribution in [0.25, 0.3) is 10.8 Å². The Labute approximate surface area is 215 Å². The minimum absolute atomic E-state index is 0.354. The molecule has 0 spiro atoms. The molecular weight excluding hydrogens is 476 g/mol. The zero-order valence-corrected chi connectivity index (χ0v) is 20.9. The number of rotatable bonds is 10. The summed E-state index contributed by atoms with van der Waals surface area (Å²) in [6, 6.07) is 26.6. The van der Waals surface area contributed by atoms with Crippen molar-refractivity contribution in [3.05, 3.63) is 101 Å². The van der Waals surface area contributed by atoms with E-state index >= 15 is 0 Å². The normalized spacial score (nSPS) is 11.9. The lowest BCUT2D eigenvalue weighted by Crippen LogP contribution is -2.33. The standard InChI is InChI=1S/C29H27ClN2O4/c1-3-34-28-16-22(10-15-27(28)35-19-21-8-12-25(30)13-9-21)18-31-32-29(33)20(2)36-26-14-11-23-6-4-5-7-24(23)17-26/h4-18,20H,3,19H2,1-2H3,(H,32,33)/b31-18-/t20-/m1/s1. The van der Waals surface area contributed by atoms with Gasteiger partial charge in [0, 0.05) is 5.02 Å². The second-order valence-electron chi connectivity index (χ2n) is 8.06. The molecule has 1 N–H and O–H groups in total. The van der Waals surface area contributed by atoms with Gasteiger partial charge in [0.1, 0.15) is 12.4 Å². The van der Waals surface area contributed by atoms with Crippen molar-refractivity contribution in [2.24, 2.45) is 5.10 Å². The predicted octanol–water partition coefficient (Wildman–Crippen LogP) is 6.39. The van der Waals surface area contributed by atoms with Gasteiger partial charge in [0.2, 0.25) is 0 Å². The molecule has 0 aliphatic carbocycles. The highest BCUT2D eigenvalue weighted by Gasteiger charge is 2.14. The summed E-state index contributed by atoms with van der Waals surface area (Å²) in [4.78, 5) is 12.5. The molecule has 184 valence electrons. The zero-order chi connectivity index (χ0) is 25.3. The summed E-state index contributed by atoms with van der Waals surface area (Å²) in [5, 5.41) is 6.91. The van der Waals surface area contributed by atoms with Crippen molar-refractivity contribution in [2.45, 2.75) is 26.6 Å². The van der Waals surface area contributed by atoms with Crippen LogP contribution in [0, 0.1) is 0 Å². The number of fused-ring (bicyclic) bond motifs is 1. The fraction of sp³-hybridized carbons (Fsp3) is 0.172. The van der Waals surface area contributed by atoms with Crippen molar-refractivity contribution in [1.29, 1.82) is 0 Å². The maximum absolute atomic E-state index is 12.5. The Morgan fingerprint density at radius 1 is 0.944 bits per heavy atom. The molecular formula is C29H27ClN2O4. The third kappa shape index (κ3) is 6.77. The number of halogens is 1. The van der Waals surface area contributed by atoms with Crippen LogP contribution >= 0.6 is 11.6 Å². The van der Waals surface area contributed by atoms with Crippen molar-refractivity contribution in [1.82, 2.24) is 5.43 Å². The second-order valence-corrected chi connectivity index (χ2v) is 8.49. The summed E-state index contributed by atoms with van der Waals surface area (Å²) in [6.07, 6.45) is 0.831. The van der Waals surface area contributed by atoms with Crippen LogP contribution < -0.4 is 19.6 Å². The summed E-state index contributed by atoms with van der Waals surface area (Å²) in [5.74, 6) is 1.48. The van der Waals surface area contributed by atoms with Crippen LogP contribution in [-0.2, 0) is 11.4 Å². The molecule has 1 amide bonds. The Kier molecular flexibility index (Phi) is 8.42. The van der Waals surface area contributed by atoms with Gasteiger partial charge in [0.05, 0.1) is 12.8 Å². The lowest BCUT2D eigenvalue weighted by Gasteiger charge is -2.14. The Hall–Kier alpha value is -4.03. The molecule has 0 fully saturated rings. The number of hydrogen-bond donors (Lipinski definition) is 1. The SMILES string of the molecule is CCOc1cc(/C=N\NC(=O)[C@@H](C)Oc2ccc3ccccc3c2)ccc1OCc1ccc(Cl)cc1. The highest BCUT2D eigenvalue weighted by molar-refractivity contribution is 6.30. The van der Waals surface area contributed by atoms with E-state index in [2.05, 4.69) is 10.5 Å². The van der Waals surface area contributed by atoms with E-state index < -0.39 is 6.10 Å². The molecule has 4 rings (SSSR count). The van der Waals surface area contributed by atoms with Crippen molar-refractivity contribution >= 4 is 34.5 Å². The lowest BCUT2D eigenvalue weighted by molar-refractivity contribution is -0.127. The first-order valence-corrected chi connectivity index (χ1v) is 12.0. The zero-order valence-electron chi connectivity index (χ0n) is 20.1. The summed E-state index contributed by atoms with van der Waals surface area (Å²) < 4.78 is 17.5. The van der Waals surface area contributed by atoms with Crippen LogP contribution in [0.2, 0.25) is 5.02 Å². The van der Waals surface area contributed by atoms with E-state index in [0.717, 1.165) is 21.9 Å². The van der Waals surface area contributed by atoms with Crippen molar-refractivity contribution < 1.29 is 19.0 Å². The molecule has 0 bridgehead atoms. The number of nitrogens with one attached hydrogen (secondary N) is 1. The van der Waals surface area contributed by atoms with Gasteiger partial charge in [-0.25, -0.2) is 5.43 Å². The van der Waals surface area contributed by atoms with E-state index in [4.69, 9.17) is 25.8 Å². The maximum Gasteiger partial charge on any atom is 0.280 e. The summed E-state index contributed by atoms with van der Waals surface area (Å²) in [7, 11) is 0. The van der Waals surface area contributed by atoms with Gasteiger partial charge in [-0.15, -0.1) is 0 Å². The number of hydrazone groups is 1. The number of ether oxygens (including phenoxy) is 3. The molecule has 0 heterocycles. The maximum atomic E-state index is 12.5. The van der Waals surface area contributed by atoms with Crippen molar-refractivity contribution in [3.63, 3.8) is 0 Å². The van der Waals surface area contributed by atoms with Gasteiger partial charge in [-0.05, 0) is 78.2 Å². The Morgan fingerprint density at radius 2 is 1.72 bits per heavy atom. The van der Waals surface area contributed by atoms with E-state index in [9.17, 15) is 4.79 Å². The third-order valence-electron chi connectivity index (χ3n) is 5.37. The molecule has 0 aliphatic heterocycles. The number of benzene rings is 4. The van der Waals surface area contributed by atoms with Crippen LogP contribution in [0.3, 0.4) is 0 Å². The average molecular weight is 503 g/mol. The average Bonchev–Trinajstić information content (AvgIpc) is 2.89. The largest absolute Gasteiger partial charge is 0.490 e. The van der Waals surface area contributed by atoms with E-state index in [1.54, 1.807) is 13.1 Å². The summed E-state index contributed by atoms with van der Waals surface area (Å²) >= 11 is 5.94. The molecule has 0 unspecified atom stereocenters. The van der Waals surface area contributed by atoms with Gasteiger partial charge in [-0.1, -0.05) is 54.1 Å². The monoisotopic (exact) mass is 502 g/mol. The van der Waals surface area contributed by atoms with Gasteiger partial charge < -0.3 is 14.2 Å². The van der Waals surface area contributed by atoms with Gasteiger partial charge in [0.25, 0.3) is 5.91 Å². The van der Waals surface area contributed by atoms with Gasteiger partial charge in [-0.3, -0.25) is 4.79 Å². The first kappa shape index (κ1) is 25.1. The molecule has 7 heteroatoms. The molecule has 0 aromatic heterocycles. The Bertz CT molecular complexity index is 1360. The van der Waals surface area contributed by atoms with Gasteiger partial charge >= 0.3 is 0 Å². The van der Waals surface area contributed by atoms with Crippen LogP contribution in [-0.4, -0.2) is 24.8 Å². The minimum Gasteiger partial charge on any atom is -0.490 e. The number of nitrogens with zero attached hydrogens (tertiary/aromatic N) is 1. The summed E-state index contributed by atoms with van der Waals surface area (Å²) in [6.45, 7) is 4.45. The number of amides is 1. The first-order valence-electron chi connectivity index (χ1n) is 11.6. The minimum atomic E-state index is -0.717. The molecule has 0 saturated heterocycles. The summed E-state index contributed by atoms with van der Waals surface area (Å²) in [5.41, 5.74) is 4.27. The molecule has 4 aromatic carbocycles. The van der Waals surface area contributed by atoms with Crippen LogP contribution in [0.4, 0.5) is 0 Å². The third-order valence-corrected chi connectivity index (χ3v) is 5.62. The Balaban J connectivity index is 1.34. The predicted molar refractivity (Wildman–Crippen MR) is 143 cm³/mol. The quantitative estimate of drug-likeness (QED) is 0.201. The van der Waals surface area contributed by atoms with E-state index in [0.29, 0.717) is 35.5 Å². The topological polar surface area (TPSA) is 69.2 Å². The second kappa shape index (κ2) is 12.1. The number of hydrogen-bond acceptors (Lipinski definition) is 5. The van der Waals surface area contributed by atoms with Gasteiger partial charge in [-0.2, -0.15) is 5.10 Å². The van der Waals surface area contributed by atoms with Crippen LogP contribution in [0.5, 0.6) is 17.2 Å². The van der Waals surface area contributed by atoms with Crippen LogP contribution in [0.1, 0.15) is 25.0 Å². The number of carbonyl (C=O) groups excluding carboxylic acids is 1. The molecule has 6 nitrogen and oxygen atoms in total.